The van der Waals surface area contributed by atoms with Crippen LogP contribution in [-0.4, -0.2) is 41.4 Å². The summed E-state index contributed by atoms with van der Waals surface area (Å²) in [6.07, 6.45) is 4.78. The van der Waals surface area contributed by atoms with Crippen LogP contribution in [0, 0.1) is 5.92 Å². The van der Waals surface area contributed by atoms with Gasteiger partial charge in [0.1, 0.15) is 0 Å². The van der Waals surface area contributed by atoms with Crippen LogP contribution >= 0.6 is 0 Å². The van der Waals surface area contributed by atoms with Crippen molar-refractivity contribution in [2.24, 2.45) is 5.92 Å². The predicted octanol–water partition coefficient (Wildman–Crippen LogP) is 1.21. The van der Waals surface area contributed by atoms with Gasteiger partial charge in [-0.25, -0.2) is 0 Å². The first-order chi connectivity index (χ1) is 7.68. The number of nitrogens with zero attached hydrogens (tertiary/aromatic N) is 2. The molecule has 2 rings (SSSR count). The van der Waals surface area contributed by atoms with Crippen molar-refractivity contribution >= 4 is 11.8 Å². The maximum atomic E-state index is 11.9. The van der Waals surface area contributed by atoms with E-state index in [0.717, 1.165) is 38.8 Å². The van der Waals surface area contributed by atoms with E-state index in [2.05, 4.69) is 0 Å². The second kappa shape index (κ2) is 4.85. The van der Waals surface area contributed by atoms with E-state index < -0.39 is 0 Å². The summed E-state index contributed by atoms with van der Waals surface area (Å²) in [6.45, 7) is 4.12. The molecular weight excluding hydrogens is 204 g/mol. The molecule has 0 aromatic rings. The van der Waals surface area contributed by atoms with Crippen LogP contribution in [0.1, 0.15) is 39.0 Å². The third-order valence-electron chi connectivity index (χ3n) is 3.56. The van der Waals surface area contributed by atoms with Crippen LogP contribution in [0.3, 0.4) is 0 Å². The van der Waals surface area contributed by atoms with Crippen molar-refractivity contribution in [2.75, 3.05) is 19.8 Å². The fourth-order valence-corrected chi connectivity index (χ4v) is 2.49. The van der Waals surface area contributed by atoms with Gasteiger partial charge in [0, 0.05) is 25.4 Å². The lowest BCUT2D eigenvalue weighted by Gasteiger charge is -2.36. The second-order valence-corrected chi connectivity index (χ2v) is 4.90. The van der Waals surface area contributed by atoms with Crippen LogP contribution in [0.15, 0.2) is 0 Å². The van der Waals surface area contributed by atoms with Crippen LogP contribution in [0.25, 0.3) is 0 Å². The fourth-order valence-electron chi connectivity index (χ4n) is 2.49. The molecule has 0 spiro atoms. The Morgan fingerprint density at radius 2 is 1.88 bits per heavy atom. The molecule has 90 valence electrons. The highest BCUT2D eigenvalue weighted by Crippen LogP contribution is 2.19. The van der Waals surface area contributed by atoms with Crippen LogP contribution in [-0.2, 0) is 9.59 Å². The smallest absolute Gasteiger partial charge is 0.226 e. The lowest BCUT2D eigenvalue weighted by molar-refractivity contribution is -0.145. The molecule has 2 amide bonds. The van der Waals surface area contributed by atoms with Crippen LogP contribution in [0.4, 0.5) is 0 Å². The first-order valence-corrected chi connectivity index (χ1v) is 6.25. The van der Waals surface area contributed by atoms with Gasteiger partial charge in [0.15, 0.2) is 0 Å². The van der Waals surface area contributed by atoms with Gasteiger partial charge in [0.2, 0.25) is 11.8 Å². The lowest BCUT2D eigenvalue weighted by atomic mass is 9.99. The zero-order valence-corrected chi connectivity index (χ0v) is 9.95. The van der Waals surface area contributed by atoms with Crippen molar-refractivity contribution in [2.45, 2.75) is 39.0 Å². The SMILES string of the molecule is CC1CCCN(CN2CCCCC2=O)C1=O. The second-order valence-electron chi connectivity index (χ2n) is 4.90. The van der Waals surface area contributed by atoms with E-state index in [4.69, 9.17) is 0 Å². The van der Waals surface area contributed by atoms with Crippen LogP contribution < -0.4 is 0 Å². The van der Waals surface area contributed by atoms with E-state index in [1.807, 2.05) is 16.7 Å². The highest BCUT2D eigenvalue weighted by atomic mass is 16.2. The van der Waals surface area contributed by atoms with Crippen molar-refractivity contribution in [3.05, 3.63) is 0 Å². The largest absolute Gasteiger partial charge is 0.325 e. The van der Waals surface area contributed by atoms with E-state index in [-0.39, 0.29) is 17.7 Å². The van der Waals surface area contributed by atoms with Crippen molar-refractivity contribution in [3.63, 3.8) is 0 Å². The first-order valence-electron chi connectivity index (χ1n) is 6.25. The summed E-state index contributed by atoms with van der Waals surface area (Å²) >= 11 is 0. The fraction of sp³-hybridized carbons (Fsp3) is 0.833. The number of carbonyl (C=O) groups excluding carboxylic acids is 2. The molecular formula is C12H20N2O2. The Kier molecular flexibility index (Phi) is 3.46. The normalized spacial score (nSPS) is 27.4. The molecule has 16 heavy (non-hydrogen) atoms. The molecule has 1 atom stereocenters. The predicted molar refractivity (Wildman–Crippen MR) is 60.5 cm³/mol. The topological polar surface area (TPSA) is 40.6 Å². The highest BCUT2D eigenvalue weighted by Gasteiger charge is 2.28. The molecule has 0 radical (unpaired) electrons. The minimum absolute atomic E-state index is 0.133. The molecule has 0 saturated carbocycles. The number of hydrogen-bond acceptors (Lipinski definition) is 2. The molecule has 2 saturated heterocycles. The number of likely N-dealkylation sites (tertiary alicyclic amines) is 2. The third-order valence-corrected chi connectivity index (χ3v) is 3.56. The lowest BCUT2D eigenvalue weighted by Crippen LogP contribution is -2.49. The average molecular weight is 224 g/mol. The molecule has 0 N–H and O–H groups in total. The molecule has 2 aliphatic heterocycles. The Morgan fingerprint density at radius 1 is 1.12 bits per heavy atom. The third kappa shape index (κ3) is 2.36. The Bertz CT molecular complexity index is 291. The van der Waals surface area contributed by atoms with Gasteiger partial charge >= 0.3 is 0 Å². The average Bonchev–Trinajstić information content (AvgIpc) is 2.28. The van der Waals surface area contributed by atoms with Crippen molar-refractivity contribution < 1.29 is 9.59 Å². The van der Waals surface area contributed by atoms with E-state index in [1.165, 1.54) is 0 Å². The molecule has 0 aromatic heterocycles. The number of amides is 2. The molecule has 1 unspecified atom stereocenters. The summed E-state index contributed by atoms with van der Waals surface area (Å²) in [5.41, 5.74) is 0. The summed E-state index contributed by atoms with van der Waals surface area (Å²) in [6, 6.07) is 0. The van der Waals surface area contributed by atoms with Crippen LogP contribution in [0.2, 0.25) is 0 Å². The van der Waals surface area contributed by atoms with E-state index in [9.17, 15) is 9.59 Å². The monoisotopic (exact) mass is 224 g/mol. The quantitative estimate of drug-likeness (QED) is 0.707. The molecule has 0 aliphatic carbocycles. The summed E-state index contributed by atoms with van der Waals surface area (Å²) in [5.74, 6) is 0.551. The molecule has 2 fully saturated rings. The summed E-state index contributed by atoms with van der Waals surface area (Å²) in [7, 11) is 0. The summed E-state index contributed by atoms with van der Waals surface area (Å²) in [4.78, 5) is 27.2. The van der Waals surface area contributed by atoms with E-state index in [1.54, 1.807) is 0 Å². The Morgan fingerprint density at radius 3 is 2.62 bits per heavy atom. The van der Waals surface area contributed by atoms with Gasteiger partial charge in [0.05, 0.1) is 6.67 Å². The van der Waals surface area contributed by atoms with Gasteiger partial charge in [-0.2, -0.15) is 0 Å². The van der Waals surface area contributed by atoms with Gasteiger partial charge in [-0.05, 0) is 25.7 Å². The van der Waals surface area contributed by atoms with Crippen LogP contribution in [0.5, 0.6) is 0 Å². The van der Waals surface area contributed by atoms with Gasteiger partial charge in [-0.3, -0.25) is 9.59 Å². The number of piperidine rings is 2. The molecule has 4 heteroatoms. The maximum Gasteiger partial charge on any atom is 0.226 e. The van der Waals surface area contributed by atoms with E-state index >= 15 is 0 Å². The highest BCUT2D eigenvalue weighted by molar-refractivity contribution is 5.80. The Labute approximate surface area is 96.6 Å². The standard InChI is InChI=1S/C12H20N2O2/c1-10-5-4-8-14(12(10)16)9-13-7-3-2-6-11(13)15/h10H,2-9H2,1H3. The molecule has 2 aliphatic rings. The maximum absolute atomic E-state index is 11.9. The van der Waals surface area contributed by atoms with Gasteiger partial charge < -0.3 is 9.80 Å². The zero-order chi connectivity index (χ0) is 11.5. The zero-order valence-electron chi connectivity index (χ0n) is 9.95. The Balaban J connectivity index is 1.92. The molecule has 0 bridgehead atoms. The minimum Gasteiger partial charge on any atom is -0.325 e. The molecule has 0 aromatic carbocycles. The van der Waals surface area contributed by atoms with Gasteiger partial charge in [0.25, 0.3) is 0 Å². The van der Waals surface area contributed by atoms with Gasteiger partial charge in [-0.1, -0.05) is 6.92 Å². The van der Waals surface area contributed by atoms with Crippen molar-refractivity contribution in [1.82, 2.24) is 9.80 Å². The molecule has 4 nitrogen and oxygen atoms in total. The minimum atomic E-state index is 0.133. The number of hydrogen-bond donors (Lipinski definition) is 0. The van der Waals surface area contributed by atoms with E-state index in [0.29, 0.717) is 13.1 Å². The molecule has 2 heterocycles. The summed E-state index contributed by atoms with van der Waals surface area (Å²) < 4.78 is 0. The first kappa shape index (κ1) is 11.4. The van der Waals surface area contributed by atoms with Crippen molar-refractivity contribution in [1.29, 1.82) is 0 Å². The number of carbonyl (C=O) groups is 2. The Hall–Kier alpha value is -1.06. The van der Waals surface area contributed by atoms with Gasteiger partial charge in [-0.15, -0.1) is 0 Å². The summed E-state index contributed by atoms with van der Waals surface area (Å²) in [5, 5.41) is 0. The number of rotatable bonds is 2. The van der Waals surface area contributed by atoms with Crippen molar-refractivity contribution in [3.8, 4) is 0 Å².